The molecule has 2 heterocycles. The number of rotatable bonds is 2. The molecule has 2 aliphatic rings. The number of hydrogen-bond acceptors (Lipinski definition) is 5. The average molecular weight is 424 g/mol. The second kappa shape index (κ2) is 6.40. The van der Waals surface area contributed by atoms with E-state index in [2.05, 4.69) is 35.1 Å². The van der Waals surface area contributed by atoms with Gasteiger partial charge in [0, 0.05) is 37.6 Å². The van der Waals surface area contributed by atoms with E-state index in [1.54, 1.807) is 11.3 Å². The minimum Gasteiger partial charge on any atom is -0.466 e. The van der Waals surface area contributed by atoms with Gasteiger partial charge >= 0.3 is 5.97 Å². The highest BCUT2D eigenvalue weighted by Gasteiger charge is 2.43. The lowest BCUT2D eigenvalue weighted by Crippen LogP contribution is -2.38. The molecule has 0 aromatic carbocycles. The molecule has 1 N–H and O–H groups in total. The van der Waals surface area contributed by atoms with E-state index in [-0.39, 0.29) is 23.1 Å². The zero-order chi connectivity index (χ0) is 18.5. The van der Waals surface area contributed by atoms with Crippen LogP contribution in [0, 0.1) is 12.3 Å². The monoisotopic (exact) mass is 423 g/mol. The first-order chi connectivity index (χ1) is 11.6. The molecule has 1 aromatic rings. The summed E-state index contributed by atoms with van der Waals surface area (Å²) in [5.74, 6) is -0.636. The standard InChI is InChI=1S/C19H22BrNO3S/c1-9-15(18(23)24-5)17(14-6-11(20)10(2)25-14)16-12(21-9)7-19(3,4)8-13(16)22/h6,17,21H,7-8H2,1-5H3. The molecule has 4 nitrogen and oxygen atoms in total. The van der Waals surface area contributed by atoms with E-state index in [1.807, 2.05) is 19.9 Å². The van der Waals surface area contributed by atoms with Gasteiger partial charge in [0.15, 0.2) is 5.78 Å². The number of ether oxygens (including phenoxy) is 1. The van der Waals surface area contributed by atoms with E-state index in [1.165, 1.54) is 7.11 Å². The highest BCUT2D eigenvalue weighted by Crippen LogP contribution is 2.48. The molecule has 6 heteroatoms. The maximum atomic E-state index is 13.0. The normalized spacial score (nSPS) is 22.6. The first-order valence-electron chi connectivity index (χ1n) is 8.23. The Balaban J connectivity index is 2.21. The largest absolute Gasteiger partial charge is 0.466 e. The smallest absolute Gasteiger partial charge is 0.336 e. The third-order valence-electron chi connectivity index (χ3n) is 4.81. The Morgan fingerprint density at radius 3 is 2.60 bits per heavy atom. The highest BCUT2D eigenvalue weighted by molar-refractivity contribution is 9.10. The molecule has 0 fully saturated rings. The zero-order valence-corrected chi connectivity index (χ0v) is 17.5. The molecule has 0 saturated heterocycles. The number of Topliss-reactive ketones (excluding diaryl/α,β-unsaturated/α-hetero) is 1. The summed E-state index contributed by atoms with van der Waals surface area (Å²) in [6.45, 7) is 8.11. The van der Waals surface area contributed by atoms with E-state index in [9.17, 15) is 9.59 Å². The van der Waals surface area contributed by atoms with Crippen LogP contribution in [0.4, 0.5) is 0 Å². The maximum Gasteiger partial charge on any atom is 0.336 e. The third-order valence-corrected chi connectivity index (χ3v) is 7.01. The van der Waals surface area contributed by atoms with Crippen LogP contribution in [0.2, 0.25) is 0 Å². The summed E-state index contributed by atoms with van der Waals surface area (Å²) in [7, 11) is 1.38. The summed E-state index contributed by atoms with van der Waals surface area (Å²) < 4.78 is 6.03. The van der Waals surface area contributed by atoms with Gasteiger partial charge < -0.3 is 10.1 Å². The predicted octanol–water partition coefficient (Wildman–Crippen LogP) is 4.60. The van der Waals surface area contributed by atoms with Crippen molar-refractivity contribution in [3.8, 4) is 0 Å². The summed E-state index contributed by atoms with van der Waals surface area (Å²) in [6, 6.07) is 2.02. The molecule has 3 rings (SSSR count). The van der Waals surface area contributed by atoms with Crippen molar-refractivity contribution in [2.24, 2.45) is 5.41 Å². The number of halogens is 1. The summed E-state index contributed by atoms with van der Waals surface area (Å²) in [6.07, 6.45) is 1.28. The molecular weight excluding hydrogens is 402 g/mol. The van der Waals surface area contributed by atoms with Crippen molar-refractivity contribution in [3.63, 3.8) is 0 Å². The van der Waals surface area contributed by atoms with Crippen LogP contribution in [0.5, 0.6) is 0 Å². The quantitative estimate of drug-likeness (QED) is 0.706. The number of dihydropyridines is 1. The lowest BCUT2D eigenvalue weighted by Gasteiger charge is -2.39. The molecule has 0 bridgehead atoms. The van der Waals surface area contributed by atoms with Crippen molar-refractivity contribution in [3.05, 3.63) is 42.8 Å². The second-order valence-corrected chi connectivity index (χ2v) is 9.62. The van der Waals surface area contributed by atoms with Crippen molar-refractivity contribution in [1.82, 2.24) is 5.32 Å². The lowest BCUT2D eigenvalue weighted by molar-refractivity contribution is -0.136. The highest BCUT2D eigenvalue weighted by atomic mass is 79.9. The number of methoxy groups -OCH3 is 1. The molecule has 1 aliphatic heterocycles. The van der Waals surface area contributed by atoms with Crippen LogP contribution in [-0.2, 0) is 14.3 Å². The molecule has 25 heavy (non-hydrogen) atoms. The second-order valence-electron chi connectivity index (χ2n) is 7.47. The van der Waals surface area contributed by atoms with Crippen molar-refractivity contribution in [2.75, 3.05) is 7.11 Å². The van der Waals surface area contributed by atoms with Crippen LogP contribution in [0.3, 0.4) is 0 Å². The maximum absolute atomic E-state index is 13.0. The van der Waals surface area contributed by atoms with Crippen LogP contribution in [0.1, 0.15) is 49.3 Å². The van der Waals surface area contributed by atoms with E-state index >= 15 is 0 Å². The molecule has 0 amide bonds. The number of carbonyl (C=O) groups is 2. The van der Waals surface area contributed by atoms with Gasteiger partial charge in [-0.05, 0) is 47.7 Å². The molecule has 0 spiro atoms. The van der Waals surface area contributed by atoms with Crippen molar-refractivity contribution < 1.29 is 14.3 Å². The third kappa shape index (κ3) is 3.22. The lowest BCUT2D eigenvalue weighted by atomic mass is 9.70. The van der Waals surface area contributed by atoms with Crippen molar-refractivity contribution in [1.29, 1.82) is 0 Å². The topological polar surface area (TPSA) is 55.4 Å². The number of ketones is 1. The van der Waals surface area contributed by atoms with E-state index in [0.717, 1.165) is 37.6 Å². The fourth-order valence-electron chi connectivity index (χ4n) is 3.72. The van der Waals surface area contributed by atoms with Crippen LogP contribution < -0.4 is 5.32 Å². The van der Waals surface area contributed by atoms with Gasteiger partial charge in [0.2, 0.25) is 0 Å². The summed E-state index contributed by atoms with van der Waals surface area (Å²) in [4.78, 5) is 27.6. The van der Waals surface area contributed by atoms with Crippen molar-refractivity contribution >= 4 is 39.0 Å². The number of nitrogens with one attached hydrogen (secondary N) is 1. The van der Waals surface area contributed by atoms with Gasteiger partial charge in [-0.15, -0.1) is 11.3 Å². The summed E-state index contributed by atoms with van der Waals surface area (Å²) in [5.41, 5.74) is 2.88. The SMILES string of the molecule is COC(=O)C1=C(C)NC2=C(C(=O)CC(C)(C)C2)C1c1cc(Br)c(C)s1. The summed E-state index contributed by atoms with van der Waals surface area (Å²) >= 11 is 5.16. The van der Waals surface area contributed by atoms with E-state index in [0.29, 0.717) is 12.0 Å². The minimum absolute atomic E-state index is 0.0809. The molecule has 1 aromatic heterocycles. The number of esters is 1. The van der Waals surface area contributed by atoms with Crippen LogP contribution >= 0.6 is 27.3 Å². The number of carbonyl (C=O) groups excluding carboxylic acids is 2. The Bertz CT molecular complexity index is 812. The van der Waals surface area contributed by atoms with Crippen molar-refractivity contribution in [2.45, 2.75) is 46.5 Å². The van der Waals surface area contributed by atoms with Gasteiger partial charge in [-0.2, -0.15) is 0 Å². The molecule has 134 valence electrons. The Labute approximate surface area is 160 Å². The Hall–Kier alpha value is -1.40. The van der Waals surface area contributed by atoms with E-state index < -0.39 is 0 Å². The van der Waals surface area contributed by atoms with Crippen LogP contribution in [0.25, 0.3) is 0 Å². The predicted molar refractivity (Wildman–Crippen MR) is 102 cm³/mol. The Morgan fingerprint density at radius 1 is 1.36 bits per heavy atom. The Kier molecular flexibility index (Phi) is 4.71. The van der Waals surface area contributed by atoms with Crippen LogP contribution in [0.15, 0.2) is 33.1 Å². The van der Waals surface area contributed by atoms with Gasteiger partial charge in [0.25, 0.3) is 0 Å². The molecule has 1 unspecified atom stereocenters. The first kappa shape index (κ1) is 18.4. The minimum atomic E-state index is -0.388. The first-order valence-corrected chi connectivity index (χ1v) is 9.83. The zero-order valence-electron chi connectivity index (χ0n) is 15.1. The van der Waals surface area contributed by atoms with E-state index in [4.69, 9.17) is 4.74 Å². The molecule has 0 saturated carbocycles. The number of allylic oxidation sites excluding steroid dienone is 3. The van der Waals surface area contributed by atoms with Crippen LogP contribution in [-0.4, -0.2) is 18.9 Å². The summed E-state index contributed by atoms with van der Waals surface area (Å²) in [5, 5.41) is 3.32. The van der Waals surface area contributed by atoms with Gasteiger partial charge in [-0.1, -0.05) is 13.8 Å². The van der Waals surface area contributed by atoms with Gasteiger partial charge in [0.1, 0.15) is 0 Å². The van der Waals surface area contributed by atoms with Gasteiger partial charge in [-0.3, -0.25) is 4.79 Å². The Morgan fingerprint density at radius 2 is 2.04 bits per heavy atom. The average Bonchev–Trinajstić information content (AvgIpc) is 2.83. The molecule has 1 atom stereocenters. The van der Waals surface area contributed by atoms with Gasteiger partial charge in [0.05, 0.1) is 18.6 Å². The molecule has 1 aliphatic carbocycles. The fraction of sp³-hybridized carbons (Fsp3) is 0.474. The molecular formula is C19H22BrNO3S. The number of hydrogen-bond donors (Lipinski definition) is 1. The fourth-order valence-corrected chi connectivity index (χ4v) is 5.41. The number of thiophene rings is 1. The number of aryl methyl sites for hydroxylation is 1. The molecule has 0 radical (unpaired) electrons. The van der Waals surface area contributed by atoms with Gasteiger partial charge in [-0.25, -0.2) is 4.79 Å².